The Morgan fingerprint density at radius 1 is 1.20 bits per heavy atom. The van der Waals surface area contributed by atoms with Gasteiger partial charge in [-0.25, -0.2) is 4.79 Å². The number of ketones is 1. The van der Waals surface area contributed by atoms with E-state index < -0.39 is 23.1 Å². The number of benzene rings is 1. The van der Waals surface area contributed by atoms with Crippen LogP contribution in [0, 0.1) is 6.92 Å². The van der Waals surface area contributed by atoms with Gasteiger partial charge in [0, 0.05) is 20.6 Å². The molecule has 1 atom stereocenters. The molecule has 25 heavy (non-hydrogen) atoms. The second-order valence-corrected chi connectivity index (χ2v) is 6.35. The molecule has 0 aliphatic heterocycles. The maximum absolute atomic E-state index is 12.9. The van der Waals surface area contributed by atoms with Crippen LogP contribution in [-0.4, -0.2) is 32.9 Å². The largest absolute Gasteiger partial charge is 0.384 e. The fourth-order valence-electron chi connectivity index (χ4n) is 2.69. The first kappa shape index (κ1) is 18.7. The van der Waals surface area contributed by atoms with Crippen LogP contribution in [0.3, 0.4) is 0 Å². The van der Waals surface area contributed by atoms with Crippen LogP contribution in [0.15, 0.2) is 33.9 Å². The summed E-state index contributed by atoms with van der Waals surface area (Å²) in [6, 6.07) is 7.36. The number of hydrogen-bond acceptors (Lipinski definition) is 5. The van der Waals surface area contributed by atoms with Crippen LogP contribution in [0.4, 0.5) is 5.82 Å². The Hall–Kier alpha value is -2.67. The van der Waals surface area contributed by atoms with E-state index >= 15 is 0 Å². The summed E-state index contributed by atoms with van der Waals surface area (Å²) in [5.41, 5.74) is 6.75. The summed E-state index contributed by atoms with van der Waals surface area (Å²) in [6.07, 6.45) is 0. The molecule has 2 aromatic rings. The Morgan fingerprint density at radius 3 is 2.40 bits per heavy atom. The van der Waals surface area contributed by atoms with Crippen molar-refractivity contribution in [3.8, 4) is 0 Å². The number of aromatic nitrogens is 2. The lowest BCUT2D eigenvalue weighted by molar-refractivity contribution is 0.0860. The summed E-state index contributed by atoms with van der Waals surface area (Å²) in [7, 11) is 4.59. The van der Waals surface area contributed by atoms with Gasteiger partial charge < -0.3 is 5.73 Å². The van der Waals surface area contributed by atoms with Gasteiger partial charge in [0.15, 0.2) is 5.78 Å². The highest BCUT2D eigenvalue weighted by Gasteiger charge is 2.27. The third-order valence-electron chi connectivity index (χ3n) is 4.68. The van der Waals surface area contributed by atoms with Gasteiger partial charge in [0.1, 0.15) is 11.4 Å². The molecule has 0 saturated heterocycles. The van der Waals surface area contributed by atoms with Gasteiger partial charge in [-0.2, -0.15) is 0 Å². The number of aryl methyl sites for hydroxylation is 1. The lowest BCUT2D eigenvalue weighted by Gasteiger charge is -2.25. The summed E-state index contributed by atoms with van der Waals surface area (Å²) >= 11 is 0. The highest BCUT2D eigenvalue weighted by atomic mass is 16.2. The molecule has 1 heterocycles. The number of nitrogens with two attached hydrogens (primary N) is 1. The Kier molecular flexibility index (Phi) is 5.27. The van der Waals surface area contributed by atoms with E-state index in [1.807, 2.05) is 43.1 Å². The number of nitrogen functional groups attached to an aromatic ring is 1. The first-order valence-electron chi connectivity index (χ1n) is 8.01. The maximum Gasteiger partial charge on any atom is 0.332 e. The highest BCUT2D eigenvalue weighted by Crippen LogP contribution is 2.14. The van der Waals surface area contributed by atoms with E-state index in [4.69, 9.17) is 5.73 Å². The smallest absolute Gasteiger partial charge is 0.332 e. The van der Waals surface area contributed by atoms with Crippen molar-refractivity contribution in [3.63, 3.8) is 0 Å². The molecule has 0 radical (unpaired) electrons. The summed E-state index contributed by atoms with van der Waals surface area (Å²) in [5.74, 6) is -0.501. The molecule has 0 aliphatic carbocycles. The molecule has 134 valence electrons. The first-order valence-corrected chi connectivity index (χ1v) is 8.01. The van der Waals surface area contributed by atoms with Crippen LogP contribution in [0.1, 0.15) is 28.4 Å². The van der Waals surface area contributed by atoms with Crippen LogP contribution < -0.4 is 17.0 Å². The molecule has 7 heteroatoms. The molecular formula is C18H24N4O3. The third-order valence-corrected chi connectivity index (χ3v) is 4.68. The molecule has 0 bridgehead atoms. The van der Waals surface area contributed by atoms with E-state index in [0.717, 1.165) is 20.3 Å². The third kappa shape index (κ3) is 3.41. The van der Waals surface area contributed by atoms with Crippen molar-refractivity contribution in [3.05, 3.63) is 61.8 Å². The van der Waals surface area contributed by atoms with Crippen molar-refractivity contribution in [2.45, 2.75) is 26.4 Å². The molecule has 0 aliphatic rings. The van der Waals surface area contributed by atoms with Crippen molar-refractivity contribution >= 4 is 11.6 Å². The quantitative estimate of drug-likeness (QED) is 0.806. The van der Waals surface area contributed by atoms with Crippen molar-refractivity contribution in [1.82, 2.24) is 14.0 Å². The predicted molar refractivity (Wildman–Crippen MR) is 97.8 cm³/mol. The minimum Gasteiger partial charge on any atom is -0.384 e. The van der Waals surface area contributed by atoms with E-state index in [-0.39, 0.29) is 11.4 Å². The number of likely N-dealkylation sites (N-methyl/N-ethyl adjacent to an activating group) is 1. The van der Waals surface area contributed by atoms with Crippen LogP contribution in [0.5, 0.6) is 0 Å². The number of Topliss-reactive ketones (excluding diaryl/α,β-unsaturated/α-hetero) is 1. The molecule has 7 nitrogen and oxygen atoms in total. The highest BCUT2D eigenvalue weighted by molar-refractivity contribution is 6.03. The monoisotopic (exact) mass is 344 g/mol. The van der Waals surface area contributed by atoms with Gasteiger partial charge in [-0.05, 0) is 32.0 Å². The molecule has 0 saturated carbocycles. The number of hydrogen-bond donors (Lipinski definition) is 1. The number of carbonyl (C=O) groups is 1. The molecule has 0 amide bonds. The molecule has 1 aromatic carbocycles. The lowest BCUT2D eigenvalue weighted by atomic mass is 10.0. The minimum atomic E-state index is -0.665. The average molecular weight is 344 g/mol. The minimum absolute atomic E-state index is 0.103. The van der Waals surface area contributed by atoms with Gasteiger partial charge in [-0.15, -0.1) is 0 Å². The van der Waals surface area contributed by atoms with E-state index in [0.29, 0.717) is 6.54 Å². The van der Waals surface area contributed by atoms with Gasteiger partial charge in [0.2, 0.25) is 0 Å². The van der Waals surface area contributed by atoms with Crippen LogP contribution >= 0.6 is 0 Å². The van der Waals surface area contributed by atoms with Gasteiger partial charge in [0.05, 0.1) is 6.04 Å². The normalized spacial score (nSPS) is 12.4. The van der Waals surface area contributed by atoms with Gasteiger partial charge in [0.25, 0.3) is 5.56 Å². The SMILES string of the molecule is Cc1ccccc1CN(C)C(C)C(=O)c1c(N)n(C)c(=O)n(C)c1=O. The Balaban J connectivity index is 2.36. The van der Waals surface area contributed by atoms with E-state index in [1.54, 1.807) is 6.92 Å². The van der Waals surface area contributed by atoms with E-state index in [1.165, 1.54) is 14.1 Å². The van der Waals surface area contributed by atoms with Gasteiger partial charge in [-0.1, -0.05) is 24.3 Å². The number of anilines is 1. The topological polar surface area (TPSA) is 90.3 Å². The van der Waals surface area contributed by atoms with Crippen molar-refractivity contribution in [2.24, 2.45) is 14.1 Å². The van der Waals surface area contributed by atoms with Crippen LogP contribution in [0.2, 0.25) is 0 Å². The fraction of sp³-hybridized carbons (Fsp3) is 0.389. The van der Waals surface area contributed by atoms with E-state index in [9.17, 15) is 14.4 Å². The summed E-state index contributed by atoms with van der Waals surface area (Å²) in [4.78, 5) is 39.0. The van der Waals surface area contributed by atoms with E-state index in [2.05, 4.69) is 0 Å². The summed E-state index contributed by atoms with van der Waals surface area (Å²) in [6.45, 7) is 4.30. The predicted octanol–water partition coefficient (Wildman–Crippen LogP) is 0.678. The molecular weight excluding hydrogens is 320 g/mol. The molecule has 1 unspecified atom stereocenters. The second kappa shape index (κ2) is 7.06. The molecule has 0 fully saturated rings. The number of rotatable bonds is 5. The molecule has 1 aromatic heterocycles. The zero-order chi connectivity index (χ0) is 18.9. The maximum atomic E-state index is 12.9. The average Bonchev–Trinajstić information content (AvgIpc) is 2.59. The zero-order valence-electron chi connectivity index (χ0n) is 15.2. The standard InChI is InChI=1S/C18H24N4O3/c1-11-8-6-7-9-13(11)10-20(3)12(2)15(23)14-16(19)21(4)18(25)22(5)17(14)24/h6-9,12H,10,19H2,1-5H3. The molecule has 2 N–H and O–H groups in total. The van der Waals surface area contributed by atoms with Crippen molar-refractivity contribution < 1.29 is 4.79 Å². The summed E-state index contributed by atoms with van der Waals surface area (Å²) in [5, 5.41) is 0. The molecule has 2 rings (SSSR count). The summed E-state index contributed by atoms with van der Waals surface area (Å²) < 4.78 is 2.01. The van der Waals surface area contributed by atoms with Gasteiger partial charge >= 0.3 is 5.69 Å². The fourth-order valence-corrected chi connectivity index (χ4v) is 2.69. The van der Waals surface area contributed by atoms with Crippen LogP contribution in [-0.2, 0) is 20.6 Å². The number of carbonyl (C=O) groups excluding carboxylic acids is 1. The first-order chi connectivity index (χ1) is 11.7. The Labute approximate surface area is 146 Å². The lowest BCUT2D eigenvalue weighted by Crippen LogP contribution is -2.45. The van der Waals surface area contributed by atoms with Crippen molar-refractivity contribution in [1.29, 1.82) is 0 Å². The van der Waals surface area contributed by atoms with Gasteiger partial charge in [-0.3, -0.25) is 23.6 Å². The van der Waals surface area contributed by atoms with Crippen LogP contribution in [0.25, 0.3) is 0 Å². The Bertz CT molecular complexity index is 927. The Morgan fingerprint density at radius 2 is 1.80 bits per heavy atom. The van der Waals surface area contributed by atoms with Crippen molar-refractivity contribution in [2.75, 3.05) is 12.8 Å². The molecule has 0 spiro atoms. The second-order valence-electron chi connectivity index (χ2n) is 6.35. The number of nitrogens with zero attached hydrogens (tertiary/aromatic N) is 3. The zero-order valence-corrected chi connectivity index (χ0v) is 15.2.